The number of benzene rings is 2. The number of fused-ring (bicyclic) bond motifs is 1. The van der Waals surface area contributed by atoms with Crippen molar-refractivity contribution in [2.24, 2.45) is 0 Å². The number of thiazole rings is 1. The smallest absolute Gasteiger partial charge is 0.226 e. The monoisotopic (exact) mass is 440 g/mol. The minimum absolute atomic E-state index is 0.0372. The second-order valence-corrected chi connectivity index (χ2v) is 8.23. The van der Waals surface area contributed by atoms with Crippen molar-refractivity contribution in [3.63, 3.8) is 0 Å². The Morgan fingerprint density at radius 2 is 2.04 bits per heavy atom. The van der Waals surface area contributed by atoms with Crippen LogP contribution in [0, 0.1) is 6.92 Å². The van der Waals surface area contributed by atoms with E-state index in [1.54, 1.807) is 22.2 Å². The van der Waals surface area contributed by atoms with Crippen molar-refractivity contribution in [2.75, 3.05) is 5.32 Å². The molecule has 0 fully saturated rings. The highest BCUT2D eigenvalue weighted by atomic mass is 79.9. The van der Waals surface area contributed by atoms with Gasteiger partial charge in [-0.05, 0) is 64.8 Å². The zero-order chi connectivity index (χ0) is 18.8. The average Bonchev–Trinajstić information content (AvgIpc) is 3.26. The first-order chi connectivity index (χ1) is 13.1. The lowest BCUT2D eigenvalue weighted by Crippen LogP contribution is -2.14. The number of hydrogen-bond acceptors (Lipinski definition) is 4. The summed E-state index contributed by atoms with van der Waals surface area (Å²) in [4.78, 5) is 16.8. The number of carbonyl (C=O) groups is 1. The van der Waals surface area contributed by atoms with Crippen LogP contribution in [0.2, 0.25) is 0 Å². The molecule has 0 unspecified atom stereocenters. The average molecular weight is 441 g/mol. The van der Waals surface area contributed by atoms with Gasteiger partial charge in [0.1, 0.15) is 5.01 Å². The van der Waals surface area contributed by atoms with E-state index in [0.29, 0.717) is 13.0 Å². The molecule has 0 bridgehead atoms. The third-order valence-electron chi connectivity index (χ3n) is 4.13. The molecular formula is C20H17BrN4OS. The fraction of sp³-hybridized carbons (Fsp3) is 0.150. The van der Waals surface area contributed by atoms with Crippen LogP contribution in [0.4, 0.5) is 5.69 Å². The molecule has 0 saturated heterocycles. The number of anilines is 1. The molecule has 0 aliphatic carbocycles. The number of aryl methyl sites for hydroxylation is 2. The summed E-state index contributed by atoms with van der Waals surface area (Å²) in [6.07, 6.45) is 3.93. The van der Waals surface area contributed by atoms with Gasteiger partial charge in [-0.3, -0.25) is 9.48 Å². The summed E-state index contributed by atoms with van der Waals surface area (Å²) in [5.74, 6) is -0.0372. The van der Waals surface area contributed by atoms with E-state index < -0.39 is 0 Å². The van der Waals surface area contributed by atoms with Gasteiger partial charge in [-0.1, -0.05) is 6.07 Å². The van der Waals surface area contributed by atoms with Gasteiger partial charge in [0, 0.05) is 30.4 Å². The zero-order valence-electron chi connectivity index (χ0n) is 14.6. The maximum Gasteiger partial charge on any atom is 0.226 e. The van der Waals surface area contributed by atoms with E-state index in [-0.39, 0.29) is 5.91 Å². The molecular weight excluding hydrogens is 424 g/mol. The Bertz CT molecular complexity index is 1100. The molecule has 27 heavy (non-hydrogen) atoms. The number of amides is 1. The zero-order valence-corrected chi connectivity index (χ0v) is 17.0. The molecule has 2 heterocycles. The Morgan fingerprint density at radius 3 is 2.78 bits per heavy atom. The molecule has 4 rings (SSSR count). The lowest BCUT2D eigenvalue weighted by Gasteiger charge is -2.06. The molecule has 0 spiro atoms. The maximum atomic E-state index is 12.1. The number of nitrogens with zero attached hydrogens (tertiary/aromatic N) is 3. The van der Waals surface area contributed by atoms with Crippen molar-refractivity contribution in [1.82, 2.24) is 14.8 Å². The fourth-order valence-electron chi connectivity index (χ4n) is 2.75. The van der Waals surface area contributed by atoms with Crippen LogP contribution in [0.25, 0.3) is 20.8 Å². The first kappa shape index (κ1) is 17.9. The maximum absolute atomic E-state index is 12.1. The van der Waals surface area contributed by atoms with Crippen LogP contribution in [-0.2, 0) is 11.3 Å². The lowest BCUT2D eigenvalue weighted by molar-refractivity contribution is -0.116. The molecule has 2 aromatic carbocycles. The van der Waals surface area contributed by atoms with Crippen LogP contribution < -0.4 is 5.32 Å². The fourth-order valence-corrected chi connectivity index (χ4v) is 4.15. The van der Waals surface area contributed by atoms with E-state index in [1.807, 2.05) is 30.5 Å². The van der Waals surface area contributed by atoms with Crippen molar-refractivity contribution in [3.05, 3.63) is 64.9 Å². The number of rotatable bonds is 5. The third kappa shape index (κ3) is 4.26. The summed E-state index contributed by atoms with van der Waals surface area (Å²) >= 11 is 5.03. The van der Waals surface area contributed by atoms with Crippen LogP contribution in [0.1, 0.15) is 12.0 Å². The van der Waals surface area contributed by atoms with Gasteiger partial charge < -0.3 is 5.32 Å². The van der Waals surface area contributed by atoms with Gasteiger partial charge in [-0.25, -0.2) is 4.98 Å². The van der Waals surface area contributed by atoms with Gasteiger partial charge in [0.15, 0.2) is 0 Å². The quantitative estimate of drug-likeness (QED) is 0.460. The molecule has 2 aromatic heterocycles. The molecule has 7 heteroatoms. The molecule has 0 aliphatic rings. The highest BCUT2D eigenvalue weighted by Crippen LogP contribution is 2.31. The van der Waals surface area contributed by atoms with Crippen LogP contribution in [0.5, 0.6) is 0 Å². The topological polar surface area (TPSA) is 59.8 Å². The number of halogens is 1. The molecule has 136 valence electrons. The predicted molar refractivity (Wildman–Crippen MR) is 113 cm³/mol. The van der Waals surface area contributed by atoms with Crippen molar-refractivity contribution >= 4 is 49.1 Å². The lowest BCUT2D eigenvalue weighted by atomic mass is 10.2. The van der Waals surface area contributed by atoms with Gasteiger partial charge in [-0.15, -0.1) is 11.3 Å². The van der Waals surface area contributed by atoms with Gasteiger partial charge >= 0.3 is 0 Å². The first-order valence-electron chi connectivity index (χ1n) is 8.52. The normalized spacial score (nSPS) is 11.0. The van der Waals surface area contributed by atoms with Crippen molar-refractivity contribution in [2.45, 2.75) is 19.9 Å². The number of hydrogen-bond donors (Lipinski definition) is 1. The highest BCUT2D eigenvalue weighted by Gasteiger charge is 2.08. The minimum atomic E-state index is -0.0372. The first-order valence-corrected chi connectivity index (χ1v) is 10.1. The summed E-state index contributed by atoms with van der Waals surface area (Å²) in [5.41, 5.74) is 4.08. The second-order valence-electron chi connectivity index (χ2n) is 6.29. The van der Waals surface area contributed by atoms with E-state index >= 15 is 0 Å². The molecule has 1 amide bonds. The van der Waals surface area contributed by atoms with E-state index in [1.165, 1.54) is 10.3 Å². The SMILES string of the molecule is Cc1ccc2nc(-c3ccc(NC(=O)CCn4cc(Br)cn4)cc3)sc2c1. The minimum Gasteiger partial charge on any atom is -0.326 e. The van der Waals surface area contributed by atoms with Gasteiger partial charge in [-0.2, -0.15) is 5.10 Å². The Hall–Kier alpha value is -2.51. The van der Waals surface area contributed by atoms with Crippen LogP contribution in [-0.4, -0.2) is 20.7 Å². The Balaban J connectivity index is 1.41. The summed E-state index contributed by atoms with van der Waals surface area (Å²) in [7, 11) is 0. The molecule has 0 saturated carbocycles. The second kappa shape index (κ2) is 7.62. The third-order valence-corrected chi connectivity index (χ3v) is 5.61. The number of nitrogens with one attached hydrogen (secondary N) is 1. The molecule has 0 radical (unpaired) electrons. The molecule has 1 N–H and O–H groups in total. The Kier molecular flexibility index (Phi) is 5.05. The summed E-state index contributed by atoms with van der Waals surface area (Å²) in [6.45, 7) is 2.63. The Labute approximate surface area is 169 Å². The summed E-state index contributed by atoms with van der Waals surface area (Å²) in [5, 5.41) is 8.05. The summed E-state index contributed by atoms with van der Waals surface area (Å²) < 4.78 is 3.83. The van der Waals surface area contributed by atoms with E-state index in [0.717, 1.165) is 26.2 Å². The van der Waals surface area contributed by atoms with Crippen LogP contribution in [0.15, 0.2) is 59.3 Å². The van der Waals surface area contributed by atoms with Crippen molar-refractivity contribution in [3.8, 4) is 10.6 Å². The number of carbonyl (C=O) groups excluding carboxylic acids is 1. The van der Waals surface area contributed by atoms with Crippen LogP contribution in [0.3, 0.4) is 0 Å². The van der Waals surface area contributed by atoms with E-state index in [4.69, 9.17) is 4.98 Å². The molecule has 4 aromatic rings. The van der Waals surface area contributed by atoms with E-state index in [2.05, 4.69) is 51.5 Å². The Morgan fingerprint density at radius 1 is 1.22 bits per heavy atom. The van der Waals surface area contributed by atoms with E-state index in [9.17, 15) is 4.79 Å². The molecule has 0 atom stereocenters. The molecule has 5 nitrogen and oxygen atoms in total. The van der Waals surface area contributed by atoms with Crippen molar-refractivity contribution in [1.29, 1.82) is 0 Å². The predicted octanol–water partition coefficient (Wildman–Crippen LogP) is 5.26. The van der Waals surface area contributed by atoms with Crippen molar-refractivity contribution < 1.29 is 4.79 Å². The largest absolute Gasteiger partial charge is 0.326 e. The van der Waals surface area contributed by atoms with Crippen LogP contribution >= 0.6 is 27.3 Å². The summed E-state index contributed by atoms with van der Waals surface area (Å²) in [6, 6.07) is 14.1. The van der Waals surface area contributed by atoms with Gasteiger partial charge in [0.05, 0.1) is 20.9 Å². The number of aromatic nitrogens is 3. The highest BCUT2D eigenvalue weighted by molar-refractivity contribution is 9.10. The van der Waals surface area contributed by atoms with Gasteiger partial charge in [0.2, 0.25) is 5.91 Å². The van der Waals surface area contributed by atoms with Gasteiger partial charge in [0.25, 0.3) is 0 Å². The standard InChI is InChI=1S/C20H17BrN4OS/c1-13-2-7-17-18(10-13)27-20(24-17)14-3-5-16(6-4-14)23-19(26)8-9-25-12-15(21)11-22-25/h2-7,10-12H,8-9H2,1H3,(H,23,26). The molecule has 0 aliphatic heterocycles.